The highest BCUT2D eigenvalue weighted by molar-refractivity contribution is 9.10. The van der Waals surface area contributed by atoms with Gasteiger partial charge in [0, 0.05) is 19.2 Å². The molecule has 0 atom stereocenters. The van der Waals surface area contributed by atoms with Crippen LogP contribution in [-0.4, -0.2) is 47.6 Å². The van der Waals surface area contributed by atoms with E-state index in [0.717, 1.165) is 43.7 Å². The van der Waals surface area contributed by atoms with E-state index in [-0.39, 0.29) is 0 Å². The smallest absolute Gasteiger partial charge is 0.228 e. The molecule has 0 aliphatic carbocycles. The van der Waals surface area contributed by atoms with Crippen molar-refractivity contribution in [2.24, 2.45) is 0 Å². The minimum Gasteiger partial charge on any atom is -0.383 e. The Morgan fingerprint density at radius 3 is 2.32 bits per heavy atom. The number of aromatic nitrogens is 2. The van der Waals surface area contributed by atoms with Crippen molar-refractivity contribution >= 4 is 27.7 Å². The van der Waals surface area contributed by atoms with E-state index in [1.54, 1.807) is 6.07 Å². The third kappa shape index (κ3) is 5.32. The highest BCUT2D eigenvalue weighted by atomic mass is 79.9. The molecule has 5 nitrogen and oxygen atoms in total. The van der Waals surface area contributed by atoms with Crippen LogP contribution in [0.1, 0.15) is 27.2 Å². The summed E-state index contributed by atoms with van der Waals surface area (Å²) in [6.45, 7) is 11.6. The van der Waals surface area contributed by atoms with Gasteiger partial charge >= 0.3 is 0 Å². The summed E-state index contributed by atoms with van der Waals surface area (Å²) in [6, 6.07) is 1.72. The van der Waals surface area contributed by atoms with Crippen LogP contribution in [0.2, 0.25) is 0 Å². The van der Waals surface area contributed by atoms with Gasteiger partial charge in [-0.05, 0) is 48.9 Å². The Bertz CT molecular complexity index is 361. The first-order valence-corrected chi connectivity index (χ1v) is 7.67. The zero-order valence-corrected chi connectivity index (χ0v) is 13.7. The van der Waals surface area contributed by atoms with Crippen molar-refractivity contribution in [1.82, 2.24) is 14.9 Å². The molecule has 0 saturated carbocycles. The van der Waals surface area contributed by atoms with Crippen molar-refractivity contribution in [3.63, 3.8) is 0 Å². The van der Waals surface area contributed by atoms with E-state index < -0.39 is 0 Å². The van der Waals surface area contributed by atoms with Gasteiger partial charge < -0.3 is 15.5 Å². The first-order valence-electron chi connectivity index (χ1n) is 6.88. The molecule has 0 fully saturated rings. The molecule has 0 aromatic carbocycles. The Morgan fingerprint density at radius 1 is 1.11 bits per heavy atom. The van der Waals surface area contributed by atoms with E-state index in [2.05, 4.69) is 56.5 Å². The fourth-order valence-electron chi connectivity index (χ4n) is 1.99. The Kier molecular flexibility index (Phi) is 7.09. The number of nitrogen functional groups attached to an aromatic ring is 1. The summed E-state index contributed by atoms with van der Waals surface area (Å²) in [6.07, 6.45) is 1.10. The van der Waals surface area contributed by atoms with Crippen molar-refractivity contribution in [1.29, 1.82) is 0 Å². The van der Waals surface area contributed by atoms with Gasteiger partial charge in [0.1, 0.15) is 10.4 Å². The lowest BCUT2D eigenvalue weighted by atomic mass is 10.3. The molecule has 0 amide bonds. The second kappa shape index (κ2) is 8.32. The minimum atomic E-state index is 0.499. The van der Waals surface area contributed by atoms with E-state index in [1.165, 1.54) is 0 Å². The maximum Gasteiger partial charge on any atom is 0.228 e. The number of hydrogen-bond acceptors (Lipinski definition) is 5. The molecule has 19 heavy (non-hydrogen) atoms. The molecule has 0 aliphatic rings. The molecule has 1 aromatic heterocycles. The lowest BCUT2D eigenvalue weighted by molar-refractivity contribution is 0.300. The summed E-state index contributed by atoms with van der Waals surface area (Å²) in [4.78, 5) is 13.3. The Hall–Kier alpha value is -0.880. The summed E-state index contributed by atoms with van der Waals surface area (Å²) in [5.74, 6) is 1.20. The third-order valence-electron chi connectivity index (χ3n) is 3.16. The first-order chi connectivity index (χ1) is 9.10. The predicted octanol–water partition coefficient (Wildman–Crippen LogP) is 2.38. The monoisotopic (exact) mass is 329 g/mol. The molecule has 1 aromatic rings. The number of halogens is 1. The highest BCUT2D eigenvalue weighted by Crippen LogP contribution is 2.16. The molecule has 1 heterocycles. The fourth-order valence-corrected chi connectivity index (χ4v) is 2.38. The number of hydrogen-bond donors (Lipinski definition) is 1. The zero-order chi connectivity index (χ0) is 14.3. The van der Waals surface area contributed by atoms with Gasteiger partial charge in [-0.15, -0.1) is 0 Å². The quantitative estimate of drug-likeness (QED) is 0.742. The van der Waals surface area contributed by atoms with E-state index in [0.29, 0.717) is 11.8 Å². The Morgan fingerprint density at radius 2 is 1.79 bits per heavy atom. The minimum absolute atomic E-state index is 0.499. The first kappa shape index (κ1) is 16.2. The van der Waals surface area contributed by atoms with Crippen molar-refractivity contribution in [3.05, 3.63) is 10.7 Å². The van der Waals surface area contributed by atoms with Crippen LogP contribution < -0.4 is 10.6 Å². The number of nitrogens with zero attached hydrogens (tertiary/aromatic N) is 4. The van der Waals surface area contributed by atoms with Crippen LogP contribution >= 0.6 is 15.9 Å². The van der Waals surface area contributed by atoms with E-state index in [4.69, 9.17) is 5.73 Å². The Balaban J connectivity index is 2.58. The maximum atomic E-state index is 5.76. The molecule has 6 heteroatoms. The molecule has 1 rings (SSSR count). The lowest BCUT2D eigenvalue weighted by Crippen LogP contribution is -2.31. The zero-order valence-electron chi connectivity index (χ0n) is 12.1. The van der Waals surface area contributed by atoms with E-state index >= 15 is 0 Å². The fraction of sp³-hybridized carbons (Fsp3) is 0.692. The normalized spacial score (nSPS) is 11.0. The molecular formula is C13H24BrN5. The van der Waals surface area contributed by atoms with Crippen LogP contribution in [0, 0.1) is 0 Å². The summed E-state index contributed by atoms with van der Waals surface area (Å²) < 4.78 is 0.734. The second-order valence-electron chi connectivity index (χ2n) is 4.38. The van der Waals surface area contributed by atoms with Gasteiger partial charge in [0.25, 0.3) is 0 Å². The molecule has 0 spiro atoms. The standard InChI is InChI=1S/C13H24BrN5/c1-4-18(5-2)8-7-9-19(6-3)13-16-11(14)10-12(15)17-13/h10H,4-9H2,1-3H3,(H2,15,16,17). The highest BCUT2D eigenvalue weighted by Gasteiger charge is 2.10. The van der Waals surface area contributed by atoms with Gasteiger partial charge in [0.2, 0.25) is 5.95 Å². The number of rotatable bonds is 8. The van der Waals surface area contributed by atoms with Gasteiger partial charge in [-0.25, -0.2) is 4.98 Å². The van der Waals surface area contributed by atoms with E-state index in [9.17, 15) is 0 Å². The maximum absolute atomic E-state index is 5.76. The van der Waals surface area contributed by atoms with Gasteiger partial charge in [0.15, 0.2) is 0 Å². The molecule has 0 saturated heterocycles. The van der Waals surface area contributed by atoms with Crippen molar-refractivity contribution in [3.8, 4) is 0 Å². The van der Waals surface area contributed by atoms with Gasteiger partial charge in [-0.2, -0.15) is 4.98 Å². The van der Waals surface area contributed by atoms with Crippen LogP contribution in [0.4, 0.5) is 11.8 Å². The molecule has 0 bridgehead atoms. The van der Waals surface area contributed by atoms with Crippen molar-refractivity contribution < 1.29 is 0 Å². The molecule has 0 aliphatic heterocycles. The average Bonchev–Trinajstić information content (AvgIpc) is 2.38. The van der Waals surface area contributed by atoms with E-state index in [1.807, 2.05) is 0 Å². The summed E-state index contributed by atoms with van der Waals surface area (Å²) in [5, 5.41) is 0. The van der Waals surface area contributed by atoms with Crippen LogP contribution in [0.15, 0.2) is 10.7 Å². The molecular weight excluding hydrogens is 306 g/mol. The topological polar surface area (TPSA) is 58.3 Å². The largest absolute Gasteiger partial charge is 0.383 e. The van der Waals surface area contributed by atoms with Crippen LogP contribution in [0.5, 0.6) is 0 Å². The summed E-state index contributed by atoms with van der Waals surface area (Å²) >= 11 is 3.36. The SMILES string of the molecule is CCN(CC)CCCN(CC)c1nc(N)cc(Br)n1. The molecule has 2 N–H and O–H groups in total. The molecule has 0 unspecified atom stereocenters. The average molecular weight is 330 g/mol. The second-order valence-corrected chi connectivity index (χ2v) is 5.19. The van der Waals surface area contributed by atoms with Gasteiger partial charge in [0.05, 0.1) is 0 Å². The Labute approximate surface area is 124 Å². The van der Waals surface area contributed by atoms with Gasteiger partial charge in [-0.3, -0.25) is 0 Å². The number of nitrogens with two attached hydrogens (primary N) is 1. The van der Waals surface area contributed by atoms with Crippen LogP contribution in [0.3, 0.4) is 0 Å². The molecule has 0 radical (unpaired) electrons. The van der Waals surface area contributed by atoms with Crippen LogP contribution in [0.25, 0.3) is 0 Å². The molecule has 108 valence electrons. The summed E-state index contributed by atoms with van der Waals surface area (Å²) in [7, 11) is 0. The van der Waals surface area contributed by atoms with Crippen molar-refractivity contribution in [2.75, 3.05) is 43.4 Å². The van der Waals surface area contributed by atoms with Crippen molar-refractivity contribution in [2.45, 2.75) is 27.2 Å². The van der Waals surface area contributed by atoms with Crippen LogP contribution in [-0.2, 0) is 0 Å². The predicted molar refractivity (Wildman–Crippen MR) is 84.4 cm³/mol. The number of anilines is 2. The lowest BCUT2D eigenvalue weighted by Gasteiger charge is -2.23. The summed E-state index contributed by atoms with van der Waals surface area (Å²) in [5.41, 5.74) is 5.76. The van der Waals surface area contributed by atoms with Gasteiger partial charge in [-0.1, -0.05) is 13.8 Å². The third-order valence-corrected chi connectivity index (χ3v) is 3.57.